The van der Waals surface area contributed by atoms with E-state index in [2.05, 4.69) is 25.9 Å². The van der Waals surface area contributed by atoms with Crippen LogP contribution in [0.1, 0.15) is 84.1 Å². The molecule has 1 heterocycles. The van der Waals surface area contributed by atoms with E-state index >= 15 is 0 Å². The predicted molar refractivity (Wildman–Crippen MR) is 88.4 cm³/mol. The molecule has 0 amide bonds. The average molecular weight is 317 g/mol. The van der Waals surface area contributed by atoms with Gasteiger partial charge in [-0.15, -0.1) is 0 Å². The van der Waals surface area contributed by atoms with Gasteiger partial charge < -0.3 is 0 Å². The van der Waals surface area contributed by atoms with Gasteiger partial charge in [0.15, 0.2) is 5.15 Å². The molecular weight excluding hydrogens is 287 g/mol. The molecule has 4 heteroatoms. The first-order valence-corrected chi connectivity index (χ1v) is 8.72. The fourth-order valence-corrected chi connectivity index (χ4v) is 3.47. The summed E-state index contributed by atoms with van der Waals surface area (Å²) in [5, 5.41) is 4.39. The molecule has 2 nitrogen and oxygen atoms in total. The van der Waals surface area contributed by atoms with E-state index in [1.165, 1.54) is 36.8 Å². The van der Waals surface area contributed by atoms with Crippen LogP contribution in [0.15, 0.2) is 0 Å². The Morgan fingerprint density at radius 3 is 2.05 bits per heavy atom. The summed E-state index contributed by atoms with van der Waals surface area (Å²) in [6.45, 7) is 6.55. The maximum absolute atomic E-state index is 14.4. The SMILES string of the molecule is CCCCCCC(C)(CCCCC)c1c(Cl)nn(C)c1F. The fourth-order valence-electron chi connectivity index (χ4n) is 3.05. The summed E-state index contributed by atoms with van der Waals surface area (Å²) in [4.78, 5) is 0. The number of nitrogens with zero attached hydrogens (tertiary/aromatic N) is 2. The number of aryl methyl sites for hydroxylation is 1. The molecule has 0 bridgehead atoms. The monoisotopic (exact) mass is 316 g/mol. The van der Waals surface area contributed by atoms with Gasteiger partial charge in [0.25, 0.3) is 0 Å². The molecule has 0 aliphatic carbocycles. The maximum Gasteiger partial charge on any atom is 0.216 e. The summed E-state index contributed by atoms with van der Waals surface area (Å²) in [6, 6.07) is 0. The number of hydrogen-bond acceptors (Lipinski definition) is 1. The first-order chi connectivity index (χ1) is 9.96. The molecule has 0 saturated carbocycles. The highest BCUT2D eigenvalue weighted by Gasteiger charge is 2.34. The van der Waals surface area contributed by atoms with Crippen molar-refractivity contribution < 1.29 is 4.39 Å². The third-order valence-electron chi connectivity index (χ3n) is 4.45. The van der Waals surface area contributed by atoms with Crippen molar-refractivity contribution in [1.82, 2.24) is 9.78 Å². The molecule has 0 fully saturated rings. The van der Waals surface area contributed by atoms with Crippen molar-refractivity contribution in [2.75, 3.05) is 0 Å². The molecule has 122 valence electrons. The van der Waals surface area contributed by atoms with E-state index in [1.54, 1.807) is 7.05 Å². The molecule has 0 aliphatic heterocycles. The second kappa shape index (κ2) is 8.77. The van der Waals surface area contributed by atoms with Gasteiger partial charge in [-0.1, -0.05) is 77.3 Å². The lowest BCUT2D eigenvalue weighted by Gasteiger charge is -2.29. The van der Waals surface area contributed by atoms with Crippen molar-refractivity contribution in [2.24, 2.45) is 7.05 Å². The quantitative estimate of drug-likeness (QED) is 0.482. The highest BCUT2D eigenvalue weighted by Crippen LogP contribution is 2.40. The Balaban J connectivity index is 2.88. The van der Waals surface area contributed by atoms with E-state index in [-0.39, 0.29) is 11.4 Å². The van der Waals surface area contributed by atoms with Crippen LogP contribution >= 0.6 is 11.6 Å². The lowest BCUT2D eigenvalue weighted by Crippen LogP contribution is -2.24. The van der Waals surface area contributed by atoms with Crippen molar-refractivity contribution >= 4 is 11.6 Å². The zero-order valence-corrected chi connectivity index (χ0v) is 14.8. The van der Waals surface area contributed by atoms with Crippen LogP contribution in [0, 0.1) is 5.95 Å². The Bertz CT molecular complexity index is 431. The van der Waals surface area contributed by atoms with E-state index in [1.807, 2.05) is 0 Å². The van der Waals surface area contributed by atoms with Gasteiger partial charge in [0.1, 0.15) is 0 Å². The molecule has 1 aromatic heterocycles. The summed E-state index contributed by atoms with van der Waals surface area (Å²) >= 11 is 6.22. The van der Waals surface area contributed by atoms with Gasteiger partial charge in [-0.05, 0) is 12.8 Å². The summed E-state index contributed by atoms with van der Waals surface area (Å²) in [5.41, 5.74) is 0.428. The van der Waals surface area contributed by atoms with E-state index in [9.17, 15) is 4.39 Å². The summed E-state index contributed by atoms with van der Waals surface area (Å²) in [7, 11) is 1.62. The summed E-state index contributed by atoms with van der Waals surface area (Å²) in [6.07, 6.45) is 10.2. The Morgan fingerprint density at radius 2 is 1.57 bits per heavy atom. The van der Waals surface area contributed by atoms with Gasteiger partial charge in [-0.3, -0.25) is 0 Å². The Kier molecular flexibility index (Phi) is 7.72. The van der Waals surface area contributed by atoms with Gasteiger partial charge in [0, 0.05) is 12.5 Å². The zero-order valence-electron chi connectivity index (χ0n) is 14.0. The summed E-state index contributed by atoms with van der Waals surface area (Å²) in [5.74, 6) is -0.269. The minimum Gasteiger partial charge on any atom is -0.241 e. The molecule has 0 saturated heterocycles. The van der Waals surface area contributed by atoms with Gasteiger partial charge in [-0.25, -0.2) is 4.68 Å². The molecule has 0 aliphatic rings. The van der Waals surface area contributed by atoms with Crippen LogP contribution < -0.4 is 0 Å². The average Bonchev–Trinajstić information content (AvgIpc) is 2.69. The van der Waals surface area contributed by atoms with Crippen molar-refractivity contribution in [3.05, 3.63) is 16.7 Å². The van der Waals surface area contributed by atoms with Gasteiger partial charge >= 0.3 is 0 Å². The van der Waals surface area contributed by atoms with Crippen LogP contribution in [0.4, 0.5) is 4.39 Å². The highest BCUT2D eigenvalue weighted by molar-refractivity contribution is 6.30. The van der Waals surface area contributed by atoms with E-state index in [0.29, 0.717) is 10.7 Å². The van der Waals surface area contributed by atoms with Gasteiger partial charge in [-0.2, -0.15) is 9.49 Å². The third-order valence-corrected chi connectivity index (χ3v) is 4.72. The lowest BCUT2D eigenvalue weighted by molar-refractivity contribution is 0.347. The minimum atomic E-state index is -0.269. The summed E-state index contributed by atoms with van der Waals surface area (Å²) < 4.78 is 15.7. The van der Waals surface area contributed by atoms with E-state index in [4.69, 9.17) is 11.6 Å². The van der Waals surface area contributed by atoms with E-state index < -0.39 is 0 Å². The van der Waals surface area contributed by atoms with Crippen LogP contribution in [-0.2, 0) is 12.5 Å². The molecule has 0 aromatic carbocycles. The van der Waals surface area contributed by atoms with Crippen molar-refractivity contribution in [3.8, 4) is 0 Å². The van der Waals surface area contributed by atoms with Crippen LogP contribution in [0.2, 0.25) is 5.15 Å². The number of halogens is 2. The number of rotatable bonds is 10. The first-order valence-electron chi connectivity index (χ1n) is 8.34. The topological polar surface area (TPSA) is 17.8 Å². The standard InChI is InChI=1S/C17H30ClFN2/c1-5-7-9-11-13-17(3,12-10-8-6-2)14-15(18)20-21(4)16(14)19/h5-13H2,1-4H3. The molecule has 21 heavy (non-hydrogen) atoms. The van der Waals surface area contributed by atoms with Crippen molar-refractivity contribution in [1.29, 1.82) is 0 Å². The lowest BCUT2D eigenvalue weighted by atomic mass is 9.75. The highest BCUT2D eigenvalue weighted by atomic mass is 35.5. The Hall–Kier alpha value is -0.570. The molecule has 0 N–H and O–H groups in total. The van der Waals surface area contributed by atoms with Crippen LogP contribution in [0.5, 0.6) is 0 Å². The fraction of sp³-hybridized carbons (Fsp3) is 0.824. The number of aromatic nitrogens is 2. The molecule has 1 aromatic rings. The smallest absolute Gasteiger partial charge is 0.216 e. The predicted octanol–water partition coefficient (Wildman–Crippen LogP) is 6.02. The maximum atomic E-state index is 14.4. The van der Waals surface area contributed by atoms with Crippen LogP contribution in [-0.4, -0.2) is 9.78 Å². The zero-order chi connectivity index (χ0) is 15.9. The minimum absolute atomic E-state index is 0.196. The molecule has 0 spiro atoms. The first kappa shape index (κ1) is 18.5. The van der Waals surface area contributed by atoms with Crippen molar-refractivity contribution in [2.45, 2.75) is 84.0 Å². The van der Waals surface area contributed by atoms with E-state index in [0.717, 1.165) is 25.7 Å². The third kappa shape index (κ3) is 4.98. The van der Waals surface area contributed by atoms with Crippen molar-refractivity contribution in [3.63, 3.8) is 0 Å². The second-order valence-electron chi connectivity index (χ2n) is 6.41. The molecule has 1 rings (SSSR count). The Labute approximate surface area is 134 Å². The molecule has 0 radical (unpaired) electrons. The van der Waals surface area contributed by atoms with Gasteiger partial charge in [0.05, 0.1) is 5.56 Å². The largest absolute Gasteiger partial charge is 0.241 e. The molecule has 1 atom stereocenters. The Morgan fingerprint density at radius 1 is 1.05 bits per heavy atom. The van der Waals surface area contributed by atoms with Crippen LogP contribution in [0.3, 0.4) is 0 Å². The second-order valence-corrected chi connectivity index (χ2v) is 6.77. The number of hydrogen-bond donors (Lipinski definition) is 0. The van der Waals surface area contributed by atoms with Gasteiger partial charge in [0.2, 0.25) is 5.95 Å². The molecular formula is C17H30ClFN2. The van der Waals surface area contributed by atoms with Crippen LogP contribution in [0.25, 0.3) is 0 Å². The molecule has 1 unspecified atom stereocenters. The number of unbranched alkanes of at least 4 members (excludes halogenated alkanes) is 5. The normalized spacial score (nSPS) is 14.4.